The molecule has 0 bridgehead atoms. The average Bonchev–Trinajstić information content (AvgIpc) is 3.29. The van der Waals surface area contributed by atoms with Crippen LogP contribution in [0.1, 0.15) is 22.2 Å². The third-order valence-electron chi connectivity index (χ3n) is 4.95. The number of thiazole rings is 1. The molecule has 2 heterocycles. The average molecular weight is 428 g/mol. The highest BCUT2D eigenvalue weighted by molar-refractivity contribution is 7.13. The van der Waals surface area contributed by atoms with E-state index >= 15 is 0 Å². The van der Waals surface area contributed by atoms with Gasteiger partial charge in [-0.15, -0.1) is 11.3 Å². The summed E-state index contributed by atoms with van der Waals surface area (Å²) in [5.41, 5.74) is 2.09. The Labute approximate surface area is 177 Å². The third kappa shape index (κ3) is 4.15. The molecule has 1 aliphatic rings. The summed E-state index contributed by atoms with van der Waals surface area (Å²) in [5.74, 6) is 0.795. The van der Waals surface area contributed by atoms with E-state index in [2.05, 4.69) is 4.98 Å². The lowest BCUT2D eigenvalue weighted by Gasteiger charge is -2.32. The van der Waals surface area contributed by atoms with Crippen LogP contribution in [0.3, 0.4) is 0 Å². The Kier molecular flexibility index (Phi) is 5.96. The van der Waals surface area contributed by atoms with E-state index in [1.807, 2.05) is 18.2 Å². The molecule has 0 saturated carbocycles. The number of amides is 1. The van der Waals surface area contributed by atoms with E-state index in [1.165, 1.54) is 23.5 Å². The molecule has 1 amide bonds. The molecule has 0 radical (unpaired) electrons. The molecule has 0 spiro atoms. The number of nitrogens with zero attached hydrogens (tertiary/aromatic N) is 2. The molecule has 2 aromatic carbocycles. The number of benzene rings is 2. The van der Waals surface area contributed by atoms with Crippen LogP contribution in [0, 0.1) is 5.82 Å². The normalized spacial score (nSPS) is 16.4. The van der Waals surface area contributed by atoms with Gasteiger partial charge in [0.2, 0.25) is 0 Å². The molecule has 6 nitrogen and oxygen atoms in total. The van der Waals surface area contributed by atoms with Crippen molar-refractivity contribution in [3.63, 3.8) is 0 Å². The summed E-state index contributed by atoms with van der Waals surface area (Å²) >= 11 is 1.40. The van der Waals surface area contributed by atoms with E-state index in [0.717, 1.165) is 16.1 Å². The van der Waals surface area contributed by atoms with Gasteiger partial charge in [0.1, 0.15) is 22.6 Å². The van der Waals surface area contributed by atoms with Crippen molar-refractivity contribution in [1.82, 2.24) is 9.88 Å². The molecule has 4 rings (SSSR count). The van der Waals surface area contributed by atoms with Gasteiger partial charge in [-0.25, -0.2) is 9.37 Å². The van der Waals surface area contributed by atoms with E-state index < -0.39 is 0 Å². The lowest BCUT2D eigenvalue weighted by Crippen LogP contribution is -2.42. The van der Waals surface area contributed by atoms with E-state index in [0.29, 0.717) is 36.9 Å². The zero-order chi connectivity index (χ0) is 21.1. The minimum absolute atomic E-state index is 0.145. The summed E-state index contributed by atoms with van der Waals surface area (Å²) in [6, 6.07) is 11.7. The number of halogens is 1. The van der Waals surface area contributed by atoms with Crippen molar-refractivity contribution in [3.05, 3.63) is 64.9 Å². The Balaban J connectivity index is 1.50. The fourth-order valence-electron chi connectivity index (χ4n) is 3.35. The maximum atomic E-state index is 13.2. The van der Waals surface area contributed by atoms with Gasteiger partial charge in [0.15, 0.2) is 11.5 Å². The summed E-state index contributed by atoms with van der Waals surface area (Å²) in [6.45, 7) is 1.30. The zero-order valence-corrected chi connectivity index (χ0v) is 17.4. The van der Waals surface area contributed by atoms with Crippen molar-refractivity contribution in [1.29, 1.82) is 0 Å². The van der Waals surface area contributed by atoms with Crippen LogP contribution in [0.5, 0.6) is 11.5 Å². The zero-order valence-electron chi connectivity index (χ0n) is 16.6. The minimum atomic E-state index is -0.298. The number of ether oxygens (including phenoxy) is 3. The molecule has 1 aliphatic heterocycles. The van der Waals surface area contributed by atoms with Gasteiger partial charge in [-0.2, -0.15) is 0 Å². The highest BCUT2D eigenvalue weighted by atomic mass is 32.1. The molecular formula is C22H21FN2O4S. The van der Waals surface area contributed by atoms with Crippen molar-refractivity contribution in [2.45, 2.75) is 6.10 Å². The van der Waals surface area contributed by atoms with E-state index in [4.69, 9.17) is 14.2 Å². The number of aromatic nitrogens is 1. The van der Waals surface area contributed by atoms with Gasteiger partial charge < -0.3 is 19.1 Å². The quantitative estimate of drug-likeness (QED) is 0.610. The predicted octanol–water partition coefficient (Wildman–Crippen LogP) is 4.18. The largest absolute Gasteiger partial charge is 0.493 e. The molecular weight excluding hydrogens is 407 g/mol. The van der Waals surface area contributed by atoms with Crippen LogP contribution >= 0.6 is 11.3 Å². The van der Waals surface area contributed by atoms with E-state index in [1.54, 1.807) is 36.6 Å². The van der Waals surface area contributed by atoms with Crippen LogP contribution in [0.15, 0.2) is 47.8 Å². The highest BCUT2D eigenvalue weighted by Gasteiger charge is 2.27. The third-order valence-corrected chi connectivity index (χ3v) is 5.84. The molecule has 0 unspecified atom stereocenters. The molecule has 1 fully saturated rings. The minimum Gasteiger partial charge on any atom is -0.493 e. The monoisotopic (exact) mass is 428 g/mol. The van der Waals surface area contributed by atoms with Crippen molar-refractivity contribution in [3.8, 4) is 22.1 Å². The summed E-state index contributed by atoms with van der Waals surface area (Å²) in [4.78, 5) is 19.3. The summed E-state index contributed by atoms with van der Waals surface area (Å²) < 4.78 is 29.6. The van der Waals surface area contributed by atoms with Crippen molar-refractivity contribution in [2.75, 3.05) is 33.9 Å². The number of hydrogen-bond acceptors (Lipinski definition) is 6. The first kappa shape index (κ1) is 20.3. The molecule has 0 N–H and O–H groups in total. The van der Waals surface area contributed by atoms with Crippen molar-refractivity contribution < 1.29 is 23.4 Å². The maximum Gasteiger partial charge on any atom is 0.273 e. The number of rotatable bonds is 5. The van der Waals surface area contributed by atoms with Gasteiger partial charge in [0.25, 0.3) is 5.91 Å². The predicted molar refractivity (Wildman–Crippen MR) is 112 cm³/mol. The van der Waals surface area contributed by atoms with Gasteiger partial charge >= 0.3 is 0 Å². The van der Waals surface area contributed by atoms with Crippen LogP contribution in [0.4, 0.5) is 4.39 Å². The standard InChI is InChI=1S/C22H21FN2O4S/c1-27-18-8-5-15(11-19(18)28-2)21-24-17(13-30-21)22(26)25-9-10-29-20(12-25)14-3-6-16(23)7-4-14/h3-8,11,13,20H,9-10,12H2,1-2H3/t20-/m0/s1. The summed E-state index contributed by atoms with van der Waals surface area (Å²) in [6.07, 6.45) is -0.285. The fourth-order valence-corrected chi connectivity index (χ4v) is 4.14. The number of hydrogen-bond donors (Lipinski definition) is 0. The lowest BCUT2D eigenvalue weighted by molar-refractivity contribution is -0.0230. The lowest BCUT2D eigenvalue weighted by atomic mass is 10.1. The smallest absolute Gasteiger partial charge is 0.273 e. The molecule has 3 aromatic rings. The Morgan fingerprint density at radius 3 is 2.67 bits per heavy atom. The van der Waals surface area contributed by atoms with Crippen LogP contribution in [0.2, 0.25) is 0 Å². The second-order valence-electron chi connectivity index (χ2n) is 6.77. The maximum absolute atomic E-state index is 13.2. The van der Waals surface area contributed by atoms with Crippen LogP contribution in [-0.2, 0) is 4.74 Å². The molecule has 1 atom stereocenters. The first-order chi connectivity index (χ1) is 14.6. The SMILES string of the molecule is COc1ccc(-c2nc(C(=O)N3CCO[C@H](c4ccc(F)cc4)C3)cs2)cc1OC. The Bertz CT molecular complexity index is 1040. The molecule has 8 heteroatoms. The highest BCUT2D eigenvalue weighted by Crippen LogP contribution is 2.34. The van der Waals surface area contributed by atoms with Gasteiger partial charge in [-0.3, -0.25) is 4.79 Å². The number of carbonyl (C=O) groups excluding carboxylic acids is 1. The van der Waals surface area contributed by atoms with Gasteiger partial charge in [0, 0.05) is 17.5 Å². The molecule has 0 aliphatic carbocycles. The first-order valence-corrected chi connectivity index (χ1v) is 10.3. The Morgan fingerprint density at radius 1 is 1.17 bits per heavy atom. The molecule has 1 saturated heterocycles. The number of morpholine rings is 1. The fraction of sp³-hybridized carbons (Fsp3) is 0.273. The first-order valence-electron chi connectivity index (χ1n) is 9.43. The van der Waals surface area contributed by atoms with E-state index in [-0.39, 0.29) is 17.8 Å². The molecule has 156 valence electrons. The van der Waals surface area contributed by atoms with Crippen LogP contribution in [0.25, 0.3) is 10.6 Å². The summed E-state index contributed by atoms with van der Waals surface area (Å²) in [5, 5.41) is 2.49. The molecule has 1 aromatic heterocycles. The van der Waals surface area contributed by atoms with Crippen LogP contribution < -0.4 is 9.47 Å². The number of carbonyl (C=O) groups is 1. The Morgan fingerprint density at radius 2 is 1.93 bits per heavy atom. The summed E-state index contributed by atoms with van der Waals surface area (Å²) in [7, 11) is 3.16. The van der Waals surface area contributed by atoms with Crippen molar-refractivity contribution in [2.24, 2.45) is 0 Å². The van der Waals surface area contributed by atoms with E-state index in [9.17, 15) is 9.18 Å². The number of methoxy groups -OCH3 is 2. The van der Waals surface area contributed by atoms with Crippen molar-refractivity contribution >= 4 is 17.2 Å². The molecule has 30 heavy (non-hydrogen) atoms. The van der Waals surface area contributed by atoms with Gasteiger partial charge in [-0.05, 0) is 35.9 Å². The van der Waals surface area contributed by atoms with Gasteiger partial charge in [0.05, 0.1) is 27.4 Å². The van der Waals surface area contributed by atoms with Crippen LogP contribution in [-0.4, -0.2) is 49.7 Å². The van der Waals surface area contributed by atoms with Gasteiger partial charge in [-0.1, -0.05) is 12.1 Å². The topological polar surface area (TPSA) is 60.9 Å². The second kappa shape index (κ2) is 8.81. The Hall–Kier alpha value is -2.97. The second-order valence-corrected chi connectivity index (χ2v) is 7.63.